The van der Waals surface area contributed by atoms with Crippen LogP contribution in [-0.2, 0) is 0 Å². The normalized spacial score (nSPS) is 15.6. The standard InChI is InChI=1S/C24H23O/c1-16-20-7-5-6-8-22(20)23-15-18(11-14-21(16)23)17-9-12-19(13-10-17)25-24(2,3)4/h5-16H,1H2,2-4H3. The van der Waals surface area contributed by atoms with Gasteiger partial charge in [0.15, 0.2) is 0 Å². The lowest BCUT2D eigenvalue weighted by Crippen LogP contribution is -2.22. The van der Waals surface area contributed by atoms with Crippen molar-refractivity contribution in [2.24, 2.45) is 0 Å². The fourth-order valence-corrected chi connectivity index (χ4v) is 3.56. The molecule has 0 saturated carbocycles. The van der Waals surface area contributed by atoms with Crippen molar-refractivity contribution < 1.29 is 4.74 Å². The topological polar surface area (TPSA) is 9.23 Å². The second kappa shape index (κ2) is 5.77. The van der Waals surface area contributed by atoms with Crippen molar-refractivity contribution in [1.82, 2.24) is 0 Å². The highest BCUT2D eigenvalue weighted by atomic mass is 16.5. The van der Waals surface area contributed by atoms with Gasteiger partial charge in [0.25, 0.3) is 0 Å². The van der Waals surface area contributed by atoms with Gasteiger partial charge >= 0.3 is 0 Å². The SMILES string of the molecule is [CH2]C1c2ccccc2-c2cc(-c3ccc(OC(C)(C)C)cc3)ccc21. The molecular weight excluding hydrogens is 304 g/mol. The molecule has 0 saturated heterocycles. The lowest BCUT2D eigenvalue weighted by Gasteiger charge is -2.21. The van der Waals surface area contributed by atoms with Gasteiger partial charge in [-0.15, -0.1) is 0 Å². The Bertz CT molecular complexity index is 914. The first kappa shape index (κ1) is 16.0. The number of hydrogen-bond acceptors (Lipinski definition) is 1. The molecule has 3 aromatic rings. The van der Waals surface area contributed by atoms with Gasteiger partial charge in [0.2, 0.25) is 0 Å². The van der Waals surface area contributed by atoms with Gasteiger partial charge in [-0.25, -0.2) is 0 Å². The second-order valence-corrected chi connectivity index (χ2v) is 7.68. The van der Waals surface area contributed by atoms with Crippen LogP contribution in [0.4, 0.5) is 0 Å². The van der Waals surface area contributed by atoms with Gasteiger partial charge in [-0.2, -0.15) is 0 Å². The van der Waals surface area contributed by atoms with Crippen molar-refractivity contribution in [2.75, 3.05) is 0 Å². The Balaban J connectivity index is 1.70. The molecule has 0 N–H and O–H groups in total. The molecule has 1 radical (unpaired) electrons. The highest BCUT2D eigenvalue weighted by molar-refractivity contribution is 5.83. The first-order valence-corrected chi connectivity index (χ1v) is 8.78. The van der Waals surface area contributed by atoms with E-state index >= 15 is 0 Å². The summed E-state index contributed by atoms with van der Waals surface area (Å²) in [5, 5.41) is 0. The zero-order valence-corrected chi connectivity index (χ0v) is 15.0. The second-order valence-electron chi connectivity index (χ2n) is 7.68. The first-order chi connectivity index (χ1) is 11.9. The summed E-state index contributed by atoms with van der Waals surface area (Å²) in [6, 6.07) is 23.6. The van der Waals surface area contributed by atoms with E-state index in [-0.39, 0.29) is 11.5 Å². The molecule has 0 spiro atoms. The van der Waals surface area contributed by atoms with Gasteiger partial charge in [-0.05, 0) is 79.3 Å². The largest absolute Gasteiger partial charge is 0.488 e. The zero-order valence-electron chi connectivity index (χ0n) is 15.0. The van der Waals surface area contributed by atoms with Gasteiger partial charge in [-0.3, -0.25) is 0 Å². The Labute approximate surface area is 150 Å². The molecule has 1 atom stereocenters. The number of benzene rings is 3. The van der Waals surface area contributed by atoms with E-state index in [0.29, 0.717) is 0 Å². The zero-order chi connectivity index (χ0) is 17.6. The summed E-state index contributed by atoms with van der Waals surface area (Å²) in [4.78, 5) is 0. The molecule has 1 heteroatoms. The summed E-state index contributed by atoms with van der Waals surface area (Å²) < 4.78 is 5.92. The molecule has 1 aliphatic carbocycles. The summed E-state index contributed by atoms with van der Waals surface area (Å²) in [5.74, 6) is 1.13. The van der Waals surface area contributed by atoms with Crippen LogP contribution in [-0.4, -0.2) is 5.60 Å². The third kappa shape index (κ3) is 2.95. The fourth-order valence-electron chi connectivity index (χ4n) is 3.56. The number of fused-ring (bicyclic) bond motifs is 3. The van der Waals surface area contributed by atoms with Crippen LogP contribution in [0.25, 0.3) is 22.3 Å². The van der Waals surface area contributed by atoms with Crippen molar-refractivity contribution >= 4 is 0 Å². The fraction of sp³-hybridized carbons (Fsp3) is 0.208. The summed E-state index contributed by atoms with van der Waals surface area (Å²) in [5.41, 5.74) is 7.51. The van der Waals surface area contributed by atoms with Crippen LogP contribution in [0.1, 0.15) is 37.8 Å². The van der Waals surface area contributed by atoms with E-state index in [2.05, 4.69) is 82.3 Å². The van der Waals surface area contributed by atoms with Crippen LogP contribution < -0.4 is 4.74 Å². The van der Waals surface area contributed by atoms with E-state index in [1.54, 1.807) is 0 Å². The third-order valence-corrected chi connectivity index (χ3v) is 4.67. The van der Waals surface area contributed by atoms with Crippen LogP contribution in [0, 0.1) is 6.92 Å². The minimum absolute atomic E-state index is 0.179. The van der Waals surface area contributed by atoms with E-state index in [1.165, 1.54) is 33.4 Å². The molecule has 1 unspecified atom stereocenters. The molecule has 0 amide bonds. The van der Waals surface area contributed by atoms with E-state index in [9.17, 15) is 0 Å². The summed E-state index contributed by atoms with van der Waals surface area (Å²) in [7, 11) is 0. The van der Waals surface area contributed by atoms with Crippen LogP contribution in [0.3, 0.4) is 0 Å². The van der Waals surface area contributed by atoms with Gasteiger partial charge in [0.1, 0.15) is 11.4 Å². The molecule has 25 heavy (non-hydrogen) atoms. The number of rotatable bonds is 2. The van der Waals surface area contributed by atoms with E-state index in [0.717, 1.165) is 5.75 Å². The Morgan fingerprint density at radius 1 is 0.760 bits per heavy atom. The van der Waals surface area contributed by atoms with Crippen molar-refractivity contribution in [2.45, 2.75) is 32.3 Å². The molecule has 0 fully saturated rings. The van der Waals surface area contributed by atoms with Crippen molar-refractivity contribution in [3.05, 3.63) is 84.8 Å². The summed E-state index contributed by atoms with van der Waals surface area (Å²) in [6.07, 6.45) is 0. The molecule has 1 nitrogen and oxygen atoms in total. The van der Waals surface area contributed by atoms with Gasteiger partial charge < -0.3 is 4.74 Å². The average molecular weight is 327 g/mol. The lowest BCUT2D eigenvalue weighted by molar-refractivity contribution is 0.131. The minimum atomic E-state index is -0.179. The van der Waals surface area contributed by atoms with Crippen molar-refractivity contribution in [3.63, 3.8) is 0 Å². The molecule has 0 bridgehead atoms. The van der Waals surface area contributed by atoms with E-state index in [1.807, 2.05) is 12.1 Å². The first-order valence-electron chi connectivity index (χ1n) is 8.78. The Hall–Kier alpha value is -2.54. The maximum atomic E-state index is 5.92. The minimum Gasteiger partial charge on any atom is -0.488 e. The maximum absolute atomic E-state index is 5.92. The highest BCUT2D eigenvalue weighted by Gasteiger charge is 2.25. The molecule has 1 aliphatic rings. The van der Waals surface area contributed by atoms with E-state index in [4.69, 9.17) is 4.74 Å². The predicted octanol–water partition coefficient (Wildman–Crippen LogP) is 6.48. The van der Waals surface area contributed by atoms with E-state index < -0.39 is 0 Å². The molecule has 3 aromatic carbocycles. The summed E-state index contributed by atoms with van der Waals surface area (Å²) >= 11 is 0. The molecule has 0 aliphatic heterocycles. The van der Waals surface area contributed by atoms with Gasteiger partial charge in [-0.1, -0.05) is 48.5 Å². The Kier molecular flexibility index (Phi) is 3.68. The molecule has 0 aromatic heterocycles. The van der Waals surface area contributed by atoms with Crippen molar-refractivity contribution in [1.29, 1.82) is 0 Å². The Morgan fingerprint density at radius 3 is 2.12 bits per heavy atom. The smallest absolute Gasteiger partial charge is 0.120 e. The lowest BCUT2D eigenvalue weighted by atomic mass is 9.96. The molecule has 4 rings (SSSR count). The number of ether oxygens (including phenoxy) is 1. The van der Waals surface area contributed by atoms with Crippen LogP contribution in [0.5, 0.6) is 5.75 Å². The van der Waals surface area contributed by atoms with Gasteiger partial charge in [0, 0.05) is 5.92 Å². The molecular formula is C24H23O. The highest BCUT2D eigenvalue weighted by Crippen LogP contribution is 2.45. The Morgan fingerprint density at radius 2 is 1.40 bits per heavy atom. The number of hydrogen-bond donors (Lipinski definition) is 0. The molecule has 0 heterocycles. The third-order valence-electron chi connectivity index (χ3n) is 4.67. The van der Waals surface area contributed by atoms with Crippen molar-refractivity contribution in [3.8, 4) is 28.0 Å². The van der Waals surface area contributed by atoms with Crippen LogP contribution >= 0.6 is 0 Å². The quantitative estimate of drug-likeness (QED) is 0.523. The summed E-state index contributed by atoms with van der Waals surface area (Å²) in [6.45, 7) is 10.5. The maximum Gasteiger partial charge on any atom is 0.120 e. The van der Waals surface area contributed by atoms with Crippen LogP contribution in [0.15, 0.2) is 66.7 Å². The molecule has 125 valence electrons. The predicted molar refractivity (Wildman–Crippen MR) is 105 cm³/mol. The monoisotopic (exact) mass is 327 g/mol. The van der Waals surface area contributed by atoms with Gasteiger partial charge in [0.05, 0.1) is 0 Å². The van der Waals surface area contributed by atoms with Crippen LogP contribution in [0.2, 0.25) is 0 Å². The average Bonchev–Trinajstić information content (AvgIpc) is 2.87.